The molecule has 0 saturated carbocycles. The first kappa shape index (κ1) is 72.6. The third-order valence-corrected chi connectivity index (χ3v) is 13.5. The second-order valence-corrected chi connectivity index (χ2v) is 29.6. The predicted molar refractivity (Wildman–Crippen MR) is 323 cm³/mol. The minimum Gasteiger partial charge on any atom is -0.523 e. The first-order valence-electron chi connectivity index (χ1n) is 29.3. The summed E-state index contributed by atoms with van der Waals surface area (Å²) in [5.41, 5.74) is 4.34. The number of H-pyrrole nitrogens is 1. The lowest BCUT2D eigenvalue weighted by molar-refractivity contribution is -0.860. The summed E-state index contributed by atoms with van der Waals surface area (Å²) in [5, 5.41) is 66.5. The summed E-state index contributed by atoms with van der Waals surface area (Å²) in [6, 6.07) is 26.9. The van der Waals surface area contributed by atoms with Crippen molar-refractivity contribution in [1.82, 2.24) is 41.5 Å². The lowest BCUT2D eigenvalue weighted by Gasteiger charge is -2.19. The molecule has 0 aliphatic carbocycles. The van der Waals surface area contributed by atoms with Crippen LogP contribution in [0.2, 0.25) is 0 Å². The second kappa shape index (κ2) is 30.6. The topological polar surface area (TPSA) is 369 Å². The zero-order valence-electron chi connectivity index (χ0n) is 55.6. The van der Waals surface area contributed by atoms with Gasteiger partial charge < -0.3 is 39.6 Å². The van der Waals surface area contributed by atoms with Crippen molar-refractivity contribution in [2.24, 2.45) is 21.2 Å². The number of morpholine rings is 1. The Morgan fingerprint density at radius 1 is 0.681 bits per heavy atom. The monoisotopic (exact) mass is 1290 g/mol. The van der Waals surface area contributed by atoms with Crippen molar-refractivity contribution in [2.45, 2.75) is 177 Å². The van der Waals surface area contributed by atoms with E-state index in [1.54, 1.807) is 29.9 Å². The van der Waals surface area contributed by atoms with Crippen molar-refractivity contribution >= 4 is 15.7 Å². The zero-order chi connectivity index (χ0) is 67.8. The Morgan fingerprint density at radius 3 is 1.71 bits per heavy atom. The number of rotatable bonds is 9. The molecule has 6 aromatic heterocycles. The van der Waals surface area contributed by atoms with E-state index in [4.69, 9.17) is 18.4 Å². The van der Waals surface area contributed by atoms with Crippen molar-refractivity contribution in [1.29, 1.82) is 0 Å². The Bertz CT molecular complexity index is 3880. The molecule has 1 fully saturated rings. The first-order chi connectivity index (χ1) is 42.2. The average molecular weight is 1290 g/mol. The molecule has 1 aliphatic heterocycles. The molecule has 0 atom stereocenters. The van der Waals surface area contributed by atoms with Crippen molar-refractivity contribution in [3.05, 3.63) is 141 Å². The zero-order valence-corrected chi connectivity index (χ0v) is 56.4. The van der Waals surface area contributed by atoms with Crippen LogP contribution in [-0.2, 0) is 39.4 Å². The van der Waals surface area contributed by atoms with Gasteiger partial charge in [0.1, 0.15) is 5.27 Å². The predicted octanol–water partition coefficient (Wildman–Crippen LogP) is 5.65. The third-order valence-electron chi connectivity index (χ3n) is 11.7. The molecular weight excluding hydrogens is 1200 g/mol. The van der Waals surface area contributed by atoms with E-state index in [0.717, 1.165) is 61.8 Å². The van der Waals surface area contributed by atoms with Crippen LogP contribution in [-0.4, -0.2) is 82.2 Å². The molecule has 0 bridgehead atoms. The Morgan fingerprint density at radius 2 is 1.22 bits per heavy atom. The van der Waals surface area contributed by atoms with Gasteiger partial charge in [0.15, 0.2) is 16.0 Å². The van der Waals surface area contributed by atoms with Gasteiger partial charge >= 0.3 is 5.03 Å². The molecule has 0 spiro atoms. The Labute approximate surface area is 528 Å². The molecule has 496 valence electrons. The molecule has 9 aromatic rings. The van der Waals surface area contributed by atoms with E-state index in [0.29, 0.717) is 33.2 Å². The highest BCUT2D eigenvalue weighted by Gasteiger charge is 2.36. The van der Waals surface area contributed by atoms with Crippen molar-refractivity contribution in [3.63, 3.8) is 0 Å². The molecule has 2 N–H and O–H groups in total. The molecule has 30 nitrogen and oxygen atoms in total. The van der Waals surface area contributed by atoms with Crippen LogP contribution in [0.25, 0.3) is 16.9 Å². The molecule has 0 radical (unpaired) electrons. The van der Waals surface area contributed by atoms with Crippen LogP contribution in [0.4, 0.5) is 5.88 Å². The molecule has 7 heterocycles. The number of aromatic amines is 1. The number of para-hydroxylation sites is 1. The van der Waals surface area contributed by atoms with Crippen LogP contribution >= 0.6 is 0 Å². The number of aromatic nitrogens is 14. The Kier molecular flexibility index (Phi) is 24.4. The van der Waals surface area contributed by atoms with E-state index in [1.165, 1.54) is 21.7 Å². The number of nitrogens with zero attached hydrogens (tertiary/aromatic N) is 15. The molecule has 10 rings (SSSR count). The number of benzene rings is 3. The summed E-state index contributed by atoms with van der Waals surface area (Å²) in [6.45, 7) is 41.1. The fraction of sp³-hybridized carbons (Fsp3) is 0.533. The van der Waals surface area contributed by atoms with Gasteiger partial charge in [-0.3, -0.25) is 13.8 Å². The van der Waals surface area contributed by atoms with E-state index in [9.17, 15) is 28.8 Å². The van der Waals surface area contributed by atoms with Gasteiger partial charge in [0.2, 0.25) is 39.6 Å². The molecule has 91 heavy (non-hydrogen) atoms. The maximum Gasteiger partial charge on any atom is 0.316 e. The van der Waals surface area contributed by atoms with Crippen LogP contribution in [0.3, 0.4) is 0 Å². The maximum absolute atomic E-state index is 12.5. The van der Waals surface area contributed by atoms with Gasteiger partial charge in [0.25, 0.3) is 27.6 Å². The van der Waals surface area contributed by atoms with Crippen LogP contribution < -0.4 is 55.0 Å². The molecular formula is C60H89N17O13S+2. The highest BCUT2D eigenvalue weighted by atomic mass is 32.2. The summed E-state index contributed by atoms with van der Waals surface area (Å²) < 4.78 is 59.1. The number of ether oxygens (including phenoxy) is 1. The second-order valence-electron chi connectivity index (χ2n) is 27.7. The van der Waals surface area contributed by atoms with Crippen LogP contribution in [0.15, 0.2) is 140 Å². The van der Waals surface area contributed by atoms with Crippen molar-refractivity contribution in [2.75, 3.05) is 36.6 Å². The highest BCUT2D eigenvalue weighted by molar-refractivity contribution is 7.91. The van der Waals surface area contributed by atoms with Gasteiger partial charge in [-0.2, -0.15) is 0 Å². The molecule has 3 aromatic carbocycles. The Balaban J connectivity index is 0.000000201. The SMILES string of the molecule is CC(C)(C)Cc1[nH]o[n+](=O)c1-c1ccccc1.CC(C)(C)Cc1no[n+]([O-])c1S(=O)(=O)c1ccccc1.CC(C)(C)N=c1[n-][n+](-c2ccccc2)no1.CC(C)(C)Nc1c[n+](N2CCOCC2)no1.CC(C)(C)[n+]1noc([O-])n1.Cc1c(CC(C)(C)C)no[n+]1[O-]. The quantitative estimate of drug-likeness (QED) is 0.130. The van der Waals surface area contributed by atoms with E-state index in [2.05, 4.69) is 133 Å². The van der Waals surface area contributed by atoms with Gasteiger partial charge in [-0.05, 0) is 74.2 Å². The van der Waals surface area contributed by atoms with Gasteiger partial charge in [0.05, 0.1) is 41.3 Å². The fourth-order valence-corrected chi connectivity index (χ4v) is 9.24. The van der Waals surface area contributed by atoms with Crippen molar-refractivity contribution in [3.8, 4) is 23.0 Å². The molecule has 1 aliphatic rings. The summed E-state index contributed by atoms with van der Waals surface area (Å²) >= 11 is 0. The number of hydrogen-bond acceptors (Lipinski definition) is 22. The lowest BCUT2D eigenvalue weighted by atomic mass is 9.89. The van der Waals surface area contributed by atoms with Crippen LogP contribution in [0.5, 0.6) is 6.08 Å². The maximum atomic E-state index is 12.5. The summed E-state index contributed by atoms with van der Waals surface area (Å²) in [5.74, 6) is 0.680. The number of hydrogen-bond donors (Lipinski definition) is 2. The van der Waals surface area contributed by atoms with E-state index >= 15 is 0 Å². The fourth-order valence-electron chi connectivity index (χ4n) is 7.85. The molecule has 31 heteroatoms. The van der Waals surface area contributed by atoms with Gasteiger partial charge in [-0.15, -0.1) is 5.01 Å². The van der Waals surface area contributed by atoms with Crippen molar-refractivity contribution < 1.29 is 74.5 Å². The Hall–Kier alpha value is -9.13. The third kappa shape index (κ3) is 24.3. The van der Waals surface area contributed by atoms with Crippen LogP contribution in [0.1, 0.15) is 147 Å². The van der Waals surface area contributed by atoms with E-state index < -0.39 is 20.9 Å². The van der Waals surface area contributed by atoms with E-state index in [1.807, 2.05) is 129 Å². The molecule has 1 saturated heterocycles. The smallest absolute Gasteiger partial charge is 0.316 e. The highest BCUT2D eigenvalue weighted by Crippen LogP contribution is 2.28. The average Bonchev–Trinajstić information content (AvgIpc) is 1.85. The van der Waals surface area contributed by atoms with Gasteiger partial charge in [-0.1, -0.05) is 165 Å². The minimum atomic E-state index is -3.94. The van der Waals surface area contributed by atoms with E-state index in [-0.39, 0.29) is 54.0 Å². The molecule has 0 amide bonds. The number of nitrogens with one attached hydrogen (secondary N) is 2. The lowest BCUT2D eigenvalue weighted by Crippen LogP contribution is -2.62. The summed E-state index contributed by atoms with van der Waals surface area (Å²) in [7, 11) is -3.94. The molecule has 0 unspecified atom stereocenters. The normalized spacial score (nSPS) is 13.2. The van der Waals surface area contributed by atoms with Gasteiger partial charge in [-0.25, -0.2) is 8.42 Å². The summed E-state index contributed by atoms with van der Waals surface area (Å²) in [6.07, 6.45) is 3.05. The summed E-state index contributed by atoms with van der Waals surface area (Å²) in [4.78, 5) is 20.8. The standard InChI is InChI=1S/C13H16N2O4S.C13H17N2O2.C11H14N4O.C10H19N4O2.C8H14N2O2.C5H9N3O2/c1-13(2,3)9-11-12(15(16)19-14-11)20(17,18)10-7-5-4-6-8-10;1-13(2,3)9-11-12(15(16)17-14-11)10-7-5-4-6-8-10;1-11(2,3)12-10-13-15(14-16-10)9-7-5-4-6-8-9;1-10(2,3)11-9-8-14(12-16-9)13-4-6-15-7-5-13;1-6-7(5-8(2,3)4)9-12-10(6)11;1-5(2,3)8-6-4(9)10-7-8/h4-8H,9H2,1-3H3;4-8,14H,9H2,1-3H3;4-8H,1-3H3;8,11H,4-7H2,1-3H3;5H2,1-4H3;1-3H3/q;+1;;+1;;. The first-order valence-corrected chi connectivity index (χ1v) is 30.8. The van der Waals surface area contributed by atoms with Gasteiger partial charge in [0, 0.05) is 90.4 Å². The number of sulfone groups is 1. The largest absolute Gasteiger partial charge is 0.523 e. The number of anilines is 1. The van der Waals surface area contributed by atoms with Crippen LogP contribution in [0, 0.1) is 38.5 Å². The minimum absolute atomic E-state index is 0.0254.